The zero-order valence-electron chi connectivity index (χ0n) is 12.1. The second kappa shape index (κ2) is 5.47. The van der Waals surface area contributed by atoms with Crippen LogP contribution in [0.15, 0.2) is 30.3 Å². The third-order valence-electron chi connectivity index (χ3n) is 3.10. The van der Waals surface area contributed by atoms with Crippen LogP contribution in [0.5, 0.6) is 5.88 Å². The molecule has 0 bridgehead atoms. The standard InChI is InChI=1S/C16H22N2O/c1-11(2)10-18-16(19)14(15(17-18)12(3)4)13-8-6-5-7-9-13/h5-9,11-12,19H,10H2,1-4H3. The average molecular weight is 258 g/mol. The lowest BCUT2D eigenvalue weighted by molar-refractivity contribution is 0.372. The van der Waals surface area contributed by atoms with Crippen molar-refractivity contribution in [2.45, 2.75) is 40.2 Å². The normalized spacial score (nSPS) is 11.5. The minimum absolute atomic E-state index is 0.281. The van der Waals surface area contributed by atoms with Crippen molar-refractivity contribution >= 4 is 0 Å². The lowest BCUT2D eigenvalue weighted by atomic mass is 10.00. The van der Waals surface area contributed by atoms with Crippen LogP contribution in [0.1, 0.15) is 39.3 Å². The third-order valence-corrected chi connectivity index (χ3v) is 3.10. The van der Waals surface area contributed by atoms with Crippen LogP contribution in [-0.4, -0.2) is 14.9 Å². The zero-order chi connectivity index (χ0) is 14.0. The van der Waals surface area contributed by atoms with Crippen molar-refractivity contribution in [1.82, 2.24) is 9.78 Å². The van der Waals surface area contributed by atoms with E-state index in [1.807, 2.05) is 30.3 Å². The average Bonchev–Trinajstić information content (AvgIpc) is 2.67. The SMILES string of the molecule is CC(C)Cn1nc(C(C)C)c(-c2ccccc2)c1O. The number of hydrogen-bond acceptors (Lipinski definition) is 2. The van der Waals surface area contributed by atoms with Crippen LogP contribution in [0.2, 0.25) is 0 Å². The number of aromatic hydroxyl groups is 1. The van der Waals surface area contributed by atoms with Crippen LogP contribution in [0.3, 0.4) is 0 Å². The van der Waals surface area contributed by atoms with Gasteiger partial charge in [0.1, 0.15) is 0 Å². The van der Waals surface area contributed by atoms with Crippen molar-refractivity contribution in [3.8, 4) is 17.0 Å². The molecule has 3 nitrogen and oxygen atoms in total. The first-order valence-corrected chi connectivity index (χ1v) is 6.85. The molecule has 2 aromatic rings. The van der Waals surface area contributed by atoms with E-state index in [-0.39, 0.29) is 11.8 Å². The molecule has 19 heavy (non-hydrogen) atoms. The van der Waals surface area contributed by atoms with Gasteiger partial charge in [-0.2, -0.15) is 5.10 Å². The molecule has 0 spiro atoms. The van der Waals surface area contributed by atoms with Gasteiger partial charge >= 0.3 is 0 Å². The Morgan fingerprint density at radius 2 is 1.74 bits per heavy atom. The molecule has 2 rings (SSSR count). The van der Waals surface area contributed by atoms with E-state index in [9.17, 15) is 5.11 Å². The fourth-order valence-electron chi connectivity index (χ4n) is 2.23. The monoisotopic (exact) mass is 258 g/mol. The van der Waals surface area contributed by atoms with E-state index in [0.717, 1.165) is 23.4 Å². The van der Waals surface area contributed by atoms with Crippen LogP contribution < -0.4 is 0 Å². The van der Waals surface area contributed by atoms with Crippen LogP contribution in [0.25, 0.3) is 11.1 Å². The molecule has 0 radical (unpaired) electrons. The number of benzene rings is 1. The second-order valence-corrected chi connectivity index (χ2v) is 5.68. The number of aromatic nitrogens is 2. The molecule has 1 N–H and O–H groups in total. The molecule has 0 fully saturated rings. The Labute approximate surface area is 114 Å². The van der Waals surface area contributed by atoms with Gasteiger partial charge in [-0.05, 0) is 17.4 Å². The van der Waals surface area contributed by atoms with E-state index in [2.05, 4.69) is 32.8 Å². The summed E-state index contributed by atoms with van der Waals surface area (Å²) in [5.74, 6) is 1.02. The first-order chi connectivity index (χ1) is 9.00. The molecule has 102 valence electrons. The van der Waals surface area contributed by atoms with E-state index < -0.39 is 0 Å². The van der Waals surface area contributed by atoms with Gasteiger partial charge in [0.25, 0.3) is 0 Å². The van der Waals surface area contributed by atoms with E-state index in [0.29, 0.717) is 5.92 Å². The van der Waals surface area contributed by atoms with Gasteiger partial charge in [-0.25, -0.2) is 4.68 Å². The Morgan fingerprint density at radius 3 is 2.26 bits per heavy atom. The van der Waals surface area contributed by atoms with Gasteiger partial charge in [0, 0.05) is 6.54 Å². The molecule has 1 aromatic carbocycles. The van der Waals surface area contributed by atoms with Crippen molar-refractivity contribution in [3.05, 3.63) is 36.0 Å². The van der Waals surface area contributed by atoms with Gasteiger partial charge in [0.05, 0.1) is 11.3 Å². The molecular weight excluding hydrogens is 236 g/mol. The number of nitrogens with zero attached hydrogens (tertiary/aromatic N) is 2. The van der Waals surface area contributed by atoms with Gasteiger partial charge in [0.2, 0.25) is 5.88 Å². The number of hydrogen-bond donors (Lipinski definition) is 1. The summed E-state index contributed by atoms with van der Waals surface area (Å²) in [6.07, 6.45) is 0. The summed E-state index contributed by atoms with van der Waals surface area (Å²) < 4.78 is 1.72. The lowest BCUT2D eigenvalue weighted by Gasteiger charge is -2.06. The predicted molar refractivity (Wildman–Crippen MR) is 78.3 cm³/mol. The first-order valence-electron chi connectivity index (χ1n) is 6.85. The van der Waals surface area contributed by atoms with E-state index >= 15 is 0 Å². The van der Waals surface area contributed by atoms with Crippen molar-refractivity contribution in [2.75, 3.05) is 0 Å². The van der Waals surface area contributed by atoms with Crippen molar-refractivity contribution in [2.24, 2.45) is 5.92 Å². The van der Waals surface area contributed by atoms with Crippen molar-refractivity contribution in [1.29, 1.82) is 0 Å². The molecule has 0 aliphatic heterocycles. The minimum Gasteiger partial charge on any atom is -0.493 e. The fraction of sp³-hybridized carbons (Fsp3) is 0.438. The maximum absolute atomic E-state index is 10.5. The molecule has 0 amide bonds. The summed E-state index contributed by atoms with van der Waals surface area (Å²) in [6.45, 7) is 9.19. The Kier molecular flexibility index (Phi) is 3.93. The molecule has 3 heteroatoms. The summed E-state index contributed by atoms with van der Waals surface area (Å²) in [7, 11) is 0. The van der Waals surface area contributed by atoms with Gasteiger partial charge in [-0.15, -0.1) is 0 Å². The summed E-state index contributed by atoms with van der Waals surface area (Å²) in [4.78, 5) is 0. The second-order valence-electron chi connectivity index (χ2n) is 5.68. The molecule has 0 aliphatic carbocycles. The van der Waals surface area contributed by atoms with Crippen LogP contribution in [0, 0.1) is 5.92 Å². The van der Waals surface area contributed by atoms with Gasteiger partial charge in [-0.1, -0.05) is 58.0 Å². The van der Waals surface area contributed by atoms with Gasteiger partial charge < -0.3 is 5.11 Å². The Hall–Kier alpha value is -1.77. The Morgan fingerprint density at radius 1 is 1.11 bits per heavy atom. The van der Waals surface area contributed by atoms with E-state index in [1.54, 1.807) is 4.68 Å². The molecule has 0 saturated heterocycles. The Balaban J connectivity index is 2.55. The highest BCUT2D eigenvalue weighted by Crippen LogP contribution is 2.36. The molecule has 0 atom stereocenters. The maximum Gasteiger partial charge on any atom is 0.217 e. The quantitative estimate of drug-likeness (QED) is 0.899. The zero-order valence-corrected chi connectivity index (χ0v) is 12.1. The van der Waals surface area contributed by atoms with E-state index in [1.165, 1.54) is 0 Å². The highest BCUT2D eigenvalue weighted by molar-refractivity contribution is 5.71. The third kappa shape index (κ3) is 2.80. The summed E-state index contributed by atoms with van der Waals surface area (Å²) >= 11 is 0. The maximum atomic E-state index is 10.5. The fourth-order valence-corrected chi connectivity index (χ4v) is 2.23. The Bertz CT molecular complexity index is 541. The lowest BCUT2D eigenvalue weighted by Crippen LogP contribution is -2.06. The van der Waals surface area contributed by atoms with E-state index in [4.69, 9.17) is 0 Å². The van der Waals surface area contributed by atoms with Crippen LogP contribution in [0.4, 0.5) is 0 Å². The highest BCUT2D eigenvalue weighted by Gasteiger charge is 2.21. The highest BCUT2D eigenvalue weighted by atomic mass is 16.3. The van der Waals surface area contributed by atoms with Crippen molar-refractivity contribution < 1.29 is 5.11 Å². The molecule has 1 heterocycles. The topological polar surface area (TPSA) is 38.0 Å². The molecule has 0 aliphatic rings. The molecule has 0 saturated carbocycles. The summed E-state index contributed by atoms with van der Waals surface area (Å²) in [5.41, 5.74) is 2.86. The largest absolute Gasteiger partial charge is 0.493 e. The summed E-state index contributed by atoms with van der Waals surface area (Å²) in [5, 5.41) is 15.1. The number of rotatable bonds is 4. The smallest absolute Gasteiger partial charge is 0.217 e. The van der Waals surface area contributed by atoms with Gasteiger partial charge in [0.15, 0.2) is 0 Å². The molecule has 1 aromatic heterocycles. The summed E-state index contributed by atoms with van der Waals surface area (Å²) in [6, 6.07) is 9.98. The van der Waals surface area contributed by atoms with Gasteiger partial charge in [-0.3, -0.25) is 0 Å². The minimum atomic E-state index is 0.281. The molecular formula is C16H22N2O. The molecule has 0 unspecified atom stereocenters. The van der Waals surface area contributed by atoms with Crippen molar-refractivity contribution in [3.63, 3.8) is 0 Å². The van der Waals surface area contributed by atoms with Crippen LogP contribution in [-0.2, 0) is 6.54 Å². The first kappa shape index (κ1) is 13.7. The van der Waals surface area contributed by atoms with Crippen LogP contribution >= 0.6 is 0 Å². The predicted octanol–water partition coefficient (Wildman–Crippen LogP) is 4.04.